The summed E-state index contributed by atoms with van der Waals surface area (Å²) in [5.41, 5.74) is 3.09. The van der Waals surface area contributed by atoms with Crippen molar-refractivity contribution in [1.82, 2.24) is 15.3 Å². The number of fused-ring (bicyclic) bond motifs is 1. The van der Waals surface area contributed by atoms with Crippen LogP contribution in [0.5, 0.6) is 11.5 Å². The number of hydrogen-bond donors (Lipinski definition) is 1. The van der Waals surface area contributed by atoms with Crippen molar-refractivity contribution in [3.63, 3.8) is 0 Å². The summed E-state index contributed by atoms with van der Waals surface area (Å²) in [7, 11) is 0. The number of ether oxygens (including phenoxy) is 2. The molecule has 6 rings (SSSR count). The molecule has 0 radical (unpaired) electrons. The van der Waals surface area contributed by atoms with E-state index in [-0.39, 0.29) is 5.69 Å². The number of anilines is 1. The lowest BCUT2D eigenvalue weighted by Gasteiger charge is -2.18. The third-order valence-electron chi connectivity index (χ3n) is 5.42. The smallest absolute Gasteiger partial charge is 0.277 e. The molecule has 0 saturated carbocycles. The molecule has 0 saturated heterocycles. The maximum atomic E-state index is 12.7. The highest BCUT2D eigenvalue weighted by atomic mass is 16.6. The Morgan fingerprint density at radius 3 is 2.34 bits per heavy atom. The monoisotopic (exact) mass is 466 g/mol. The standard InChI is InChI=1S/C26H18N4O5/c31-25(20-15-22(34-29-20)18-8-11-21-23(14-18)33-13-12-32-21)27-19-9-6-17(7-10-19)26-28-24(30-35-26)16-4-2-1-3-5-16/h1-11,14-15H,12-13H2,(H,27,31). The lowest BCUT2D eigenvalue weighted by Crippen LogP contribution is -2.15. The van der Waals surface area contributed by atoms with E-state index in [4.69, 9.17) is 18.5 Å². The predicted octanol–water partition coefficient (Wildman–Crippen LogP) is 5.08. The minimum atomic E-state index is -0.394. The van der Waals surface area contributed by atoms with Gasteiger partial charge in [-0.25, -0.2) is 0 Å². The molecule has 0 spiro atoms. The van der Waals surface area contributed by atoms with Gasteiger partial charge < -0.3 is 23.8 Å². The average molecular weight is 466 g/mol. The Labute approximate surface area is 199 Å². The molecule has 9 heteroatoms. The van der Waals surface area contributed by atoms with Crippen LogP contribution in [0, 0.1) is 0 Å². The van der Waals surface area contributed by atoms with Crippen molar-refractivity contribution in [2.75, 3.05) is 18.5 Å². The van der Waals surface area contributed by atoms with Crippen LogP contribution < -0.4 is 14.8 Å². The zero-order valence-corrected chi connectivity index (χ0v) is 18.3. The van der Waals surface area contributed by atoms with Crippen LogP contribution in [0.3, 0.4) is 0 Å². The van der Waals surface area contributed by atoms with Crippen LogP contribution >= 0.6 is 0 Å². The largest absolute Gasteiger partial charge is 0.486 e. The van der Waals surface area contributed by atoms with Crippen molar-refractivity contribution < 1.29 is 23.3 Å². The molecule has 1 aliphatic heterocycles. The summed E-state index contributed by atoms with van der Waals surface area (Å²) in [6, 6.07) is 23.7. The van der Waals surface area contributed by atoms with E-state index >= 15 is 0 Å². The van der Waals surface area contributed by atoms with Gasteiger partial charge in [-0.1, -0.05) is 40.6 Å². The molecule has 3 aromatic carbocycles. The molecule has 0 aliphatic carbocycles. The number of carbonyl (C=O) groups excluding carboxylic acids is 1. The summed E-state index contributed by atoms with van der Waals surface area (Å²) < 4.78 is 21.9. The Kier molecular flexibility index (Phi) is 5.19. The van der Waals surface area contributed by atoms with Gasteiger partial charge >= 0.3 is 0 Å². The van der Waals surface area contributed by atoms with Gasteiger partial charge in [0.15, 0.2) is 23.0 Å². The first-order chi connectivity index (χ1) is 17.2. The topological polar surface area (TPSA) is 113 Å². The van der Waals surface area contributed by atoms with Gasteiger partial charge in [-0.3, -0.25) is 4.79 Å². The summed E-state index contributed by atoms with van der Waals surface area (Å²) in [5.74, 6) is 2.27. The third kappa shape index (κ3) is 4.22. The molecule has 5 aromatic rings. The van der Waals surface area contributed by atoms with Gasteiger partial charge in [0.1, 0.15) is 13.2 Å². The molecule has 172 valence electrons. The molecular weight excluding hydrogens is 448 g/mol. The van der Waals surface area contributed by atoms with Crippen molar-refractivity contribution in [3.05, 3.63) is 84.6 Å². The first-order valence-electron chi connectivity index (χ1n) is 10.9. The molecule has 9 nitrogen and oxygen atoms in total. The molecule has 1 N–H and O–H groups in total. The first-order valence-corrected chi connectivity index (χ1v) is 10.9. The van der Waals surface area contributed by atoms with E-state index in [1.54, 1.807) is 42.5 Å². The highest BCUT2D eigenvalue weighted by Crippen LogP contribution is 2.34. The Balaban J connectivity index is 1.14. The van der Waals surface area contributed by atoms with Crippen LogP contribution in [-0.2, 0) is 0 Å². The summed E-state index contributed by atoms with van der Waals surface area (Å²) in [6.07, 6.45) is 0. The van der Waals surface area contributed by atoms with Crippen molar-refractivity contribution in [3.8, 4) is 45.7 Å². The molecule has 2 aromatic heterocycles. The Morgan fingerprint density at radius 1 is 0.743 bits per heavy atom. The zero-order chi connectivity index (χ0) is 23.6. The van der Waals surface area contributed by atoms with Crippen molar-refractivity contribution in [2.24, 2.45) is 0 Å². The summed E-state index contributed by atoms with van der Waals surface area (Å²) in [6.45, 7) is 1.00. The van der Waals surface area contributed by atoms with Gasteiger partial charge in [0.2, 0.25) is 5.82 Å². The van der Waals surface area contributed by atoms with E-state index in [0.29, 0.717) is 47.9 Å². The number of benzene rings is 3. The second kappa shape index (κ2) is 8.79. The van der Waals surface area contributed by atoms with Crippen LogP contribution in [0.15, 0.2) is 87.9 Å². The molecule has 1 aliphatic rings. The van der Waals surface area contributed by atoms with Crippen LogP contribution in [-0.4, -0.2) is 34.4 Å². The normalized spacial score (nSPS) is 12.3. The number of nitrogens with zero attached hydrogens (tertiary/aromatic N) is 3. The molecule has 35 heavy (non-hydrogen) atoms. The molecule has 0 fully saturated rings. The Morgan fingerprint density at radius 2 is 1.51 bits per heavy atom. The lowest BCUT2D eigenvalue weighted by molar-refractivity contribution is 0.101. The molecule has 3 heterocycles. The number of hydrogen-bond acceptors (Lipinski definition) is 8. The van der Waals surface area contributed by atoms with E-state index in [1.807, 2.05) is 36.4 Å². The second-order valence-electron chi connectivity index (χ2n) is 7.76. The van der Waals surface area contributed by atoms with E-state index < -0.39 is 5.91 Å². The minimum Gasteiger partial charge on any atom is -0.486 e. The van der Waals surface area contributed by atoms with Gasteiger partial charge in [0, 0.05) is 28.4 Å². The fraction of sp³-hybridized carbons (Fsp3) is 0.0769. The fourth-order valence-corrected chi connectivity index (χ4v) is 3.65. The molecule has 0 bridgehead atoms. The van der Waals surface area contributed by atoms with E-state index in [0.717, 1.165) is 16.7 Å². The number of amides is 1. The minimum absolute atomic E-state index is 0.156. The van der Waals surface area contributed by atoms with Gasteiger partial charge in [-0.05, 0) is 42.5 Å². The van der Waals surface area contributed by atoms with Gasteiger partial charge in [0.25, 0.3) is 11.8 Å². The molecule has 0 unspecified atom stereocenters. The van der Waals surface area contributed by atoms with E-state index in [9.17, 15) is 4.79 Å². The Hall–Kier alpha value is -4.92. The summed E-state index contributed by atoms with van der Waals surface area (Å²) in [5, 5.41) is 10.7. The molecule has 1 amide bonds. The van der Waals surface area contributed by atoms with Gasteiger partial charge in [-0.2, -0.15) is 4.98 Å². The number of aromatic nitrogens is 3. The molecule has 0 atom stereocenters. The van der Waals surface area contributed by atoms with Crippen LogP contribution in [0.25, 0.3) is 34.2 Å². The van der Waals surface area contributed by atoms with Crippen LogP contribution in [0.4, 0.5) is 5.69 Å². The maximum Gasteiger partial charge on any atom is 0.277 e. The van der Waals surface area contributed by atoms with E-state index in [2.05, 4.69) is 20.6 Å². The summed E-state index contributed by atoms with van der Waals surface area (Å²) in [4.78, 5) is 17.1. The second-order valence-corrected chi connectivity index (χ2v) is 7.76. The predicted molar refractivity (Wildman–Crippen MR) is 126 cm³/mol. The van der Waals surface area contributed by atoms with Crippen LogP contribution in [0.2, 0.25) is 0 Å². The number of nitrogens with one attached hydrogen (secondary N) is 1. The van der Waals surface area contributed by atoms with E-state index in [1.165, 1.54) is 0 Å². The lowest BCUT2D eigenvalue weighted by atomic mass is 10.1. The van der Waals surface area contributed by atoms with Crippen molar-refractivity contribution in [2.45, 2.75) is 0 Å². The molecular formula is C26H18N4O5. The quantitative estimate of drug-likeness (QED) is 0.381. The highest BCUT2D eigenvalue weighted by molar-refractivity contribution is 6.03. The zero-order valence-electron chi connectivity index (χ0n) is 18.3. The number of rotatable bonds is 5. The summed E-state index contributed by atoms with van der Waals surface area (Å²) >= 11 is 0. The average Bonchev–Trinajstić information content (AvgIpc) is 3.60. The fourth-order valence-electron chi connectivity index (χ4n) is 3.65. The number of carbonyl (C=O) groups is 1. The maximum absolute atomic E-state index is 12.7. The van der Waals surface area contributed by atoms with Crippen molar-refractivity contribution >= 4 is 11.6 Å². The Bertz CT molecular complexity index is 1490. The third-order valence-corrected chi connectivity index (χ3v) is 5.42. The SMILES string of the molecule is O=C(Nc1ccc(-c2nc(-c3ccccc3)no2)cc1)c1cc(-c2ccc3c(c2)OCCO3)on1. The van der Waals surface area contributed by atoms with Gasteiger partial charge in [-0.15, -0.1) is 0 Å². The first kappa shape index (κ1) is 20.7. The van der Waals surface area contributed by atoms with Crippen LogP contribution in [0.1, 0.15) is 10.5 Å². The van der Waals surface area contributed by atoms with Crippen molar-refractivity contribution in [1.29, 1.82) is 0 Å². The highest BCUT2D eigenvalue weighted by Gasteiger charge is 2.18. The van der Waals surface area contributed by atoms with Gasteiger partial charge in [0.05, 0.1) is 0 Å².